The van der Waals surface area contributed by atoms with Crippen LogP contribution in [0, 0.1) is 40.9 Å². The van der Waals surface area contributed by atoms with Crippen molar-refractivity contribution in [2.45, 2.75) is 71.3 Å². The van der Waals surface area contributed by atoms with Crippen LogP contribution >= 0.6 is 23.5 Å². The molecule has 0 saturated heterocycles. The van der Waals surface area contributed by atoms with E-state index < -0.39 is 0 Å². The first-order valence-corrected chi connectivity index (χ1v) is 11.7. The molecule has 0 nitrogen and oxygen atoms in total. The van der Waals surface area contributed by atoms with Crippen molar-refractivity contribution < 1.29 is 0 Å². The molecule has 6 unspecified atom stereocenters. The molecule has 2 heteroatoms. The molecule has 24 heavy (non-hydrogen) atoms. The van der Waals surface area contributed by atoms with Crippen molar-refractivity contribution in [3.8, 4) is 0 Å². The highest BCUT2D eigenvalue weighted by Crippen LogP contribution is 2.65. The summed E-state index contributed by atoms with van der Waals surface area (Å²) in [6, 6.07) is 0. The first-order valence-electron chi connectivity index (χ1n) is 9.99. The fraction of sp³-hybridized carbons (Fsp3) is 0.818. The highest BCUT2D eigenvalue weighted by atomic mass is 32.2. The van der Waals surface area contributed by atoms with Crippen molar-refractivity contribution in [2.24, 2.45) is 40.9 Å². The zero-order chi connectivity index (χ0) is 17.2. The first-order chi connectivity index (χ1) is 11.3. The Morgan fingerprint density at radius 1 is 0.958 bits per heavy atom. The predicted octanol–water partition coefficient (Wildman–Crippen LogP) is 6.99. The summed E-state index contributed by atoms with van der Waals surface area (Å²) in [4.78, 5) is 3.16. The molecular formula is C22H34S2. The van der Waals surface area contributed by atoms with Gasteiger partial charge in [0.1, 0.15) is 0 Å². The lowest BCUT2D eigenvalue weighted by atomic mass is 9.66. The van der Waals surface area contributed by atoms with Gasteiger partial charge in [0.15, 0.2) is 0 Å². The zero-order valence-electron chi connectivity index (χ0n) is 16.2. The lowest BCUT2D eigenvalue weighted by Crippen LogP contribution is -2.40. The molecule has 0 amide bonds. The van der Waals surface area contributed by atoms with Gasteiger partial charge >= 0.3 is 0 Å². The summed E-state index contributed by atoms with van der Waals surface area (Å²) >= 11 is 4.43. The Balaban J connectivity index is 1.61. The Hall–Kier alpha value is 0.180. The minimum atomic E-state index is 0.475. The lowest BCUT2D eigenvalue weighted by molar-refractivity contribution is 0.119. The van der Waals surface area contributed by atoms with E-state index in [2.05, 4.69) is 77.2 Å². The Bertz CT molecular complexity index is 539. The molecule has 0 spiro atoms. The van der Waals surface area contributed by atoms with Crippen molar-refractivity contribution >= 4 is 23.5 Å². The minimum Gasteiger partial charge on any atom is -0.127 e. The lowest BCUT2D eigenvalue weighted by Gasteiger charge is -2.43. The van der Waals surface area contributed by atoms with Crippen LogP contribution in [0.1, 0.15) is 60.8 Å². The van der Waals surface area contributed by atoms with Crippen LogP contribution in [-0.4, -0.2) is 10.5 Å². The maximum Gasteiger partial charge on any atom is 0.0204 e. The molecule has 4 aliphatic rings. The summed E-state index contributed by atoms with van der Waals surface area (Å²) in [5.41, 5.74) is 0.475. The molecule has 0 bridgehead atoms. The second kappa shape index (κ2) is 6.12. The predicted molar refractivity (Wildman–Crippen MR) is 110 cm³/mol. The summed E-state index contributed by atoms with van der Waals surface area (Å²) in [7, 11) is 0. The molecule has 134 valence electrons. The Morgan fingerprint density at radius 2 is 1.50 bits per heavy atom. The highest BCUT2D eigenvalue weighted by Gasteiger charge is 2.59. The summed E-state index contributed by atoms with van der Waals surface area (Å²) in [6.45, 7) is 14.8. The zero-order valence-corrected chi connectivity index (χ0v) is 17.8. The minimum absolute atomic E-state index is 0.475. The van der Waals surface area contributed by atoms with E-state index >= 15 is 0 Å². The number of fused-ring (bicyclic) bond motifs is 3. The van der Waals surface area contributed by atoms with E-state index in [1.165, 1.54) is 19.3 Å². The normalized spacial score (nSPS) is 44.7. The third-order valence-corrected chi connectivity index (χ3v) is 10.5. The van der Waals surface area contributed by atoms with E-state index in [1.807, 2.05) is 0 Å². The van der Waals surface area contributed by atoms with E-state index in [0.717, 1.165) is 46.0 Å². The van der Waals surface area contributed by atoms with Gasteiger partial charge in [-0.25, -0.2) is 0 Å². The molecule has 2 heterocycles. The van der Waals surface area contributed by atoms with Crippen LogP contribution in [0.2, 0.25) is 0 Å². The second-order valence-electron chi connectivity index (χ2n) is 9.74. The monoisotopic (exact) mass is 362 g/mol. The van der Waals surface area contributed by atoms with Gasteiger partial charge in [-0.3, -0.25) is 0 Å². The summed E-state index contributed by atoms with van der Waals surface area (Å²) < 4.78 is 0. The van der Waals surface area contributed by atoms with Crippen LogP contribution in [-0.2, 0) is 0 Å². The summed E-state index contributed by atoms with van der Waals surface area (Å²) in [5, 5.41) is 1.68. The molecule has 6 atom stereocenters. The number of rotatable bonds is 3. The van der Waals surface area contributed by atoms with Crippen LogP contribution in [0.4, 0.5) is 0 Å². The fourth-order valence-electron chi connectivity index (χ4n) is 6.29. The van der Waals surface area contributed by atoms with E-state index in [-0.39, 0.29) is 0 Å². The molecule has 0 aromatic carbocycles. The van der Waals surface area contributed by atoms with Gasteiger partial charge in [-0.05, 0) is 83.8 Å². The van der Waals surface area contributed by atoms with Gasteiger partial charge in [0, 0.05) is 10.5 Å². The maximum absolute atomic E-state index is 2.63. The molecule has 0 radical (unpaired) electrons. The molecular weight excluding hydrogens is 328 g/mol. The topological polar surface area (TPSA) is 0 Å². The van der Waals surface area contributed by atoms with Crippen molar-refractivity contribution in [1.29, 1.82) is 0 Å². The van der Waals surface area contributed by atoms with E-state index in [0.29, 0.717) is 5.41 Å². The third-order valence-electron chi connectivity index (χ3n) is 7.74. The molecule has 2 saturated carbocycles. The van der Waals surface area contributed by atoms with E-state index in [1.54, 1.807) is 9.81 Å². The van der Waals surface area contributed by atoms with Crippen molar-refractivity contribution in [1.82, 2.24) is 0 Å². The molecule has 0 aromatic rings. The summed E-state index contributed by atoms with van der Waals surface area (Å²) in [6.07, 6.45) is 9.64. The number of allylic oxidation sites excluding steroid dienone is 4. The number of thioether (sulfide) groups is 2. The average Bonchev–Trinajstić information content (AvgIpc) is 3.19. The largest absolute Gasteiger partial charge is 0.127 e. The second-order valence-corrected chi connectivity index (χ2v) is 12.6. The van der Waals surface area contributed by atoms with Gasteiger partial charge in [-0.2, -0.15) is 0 Å². The van der Waals surface area contributed by atoms with Crippen LogP contribution in [0.15, 0.2) is 22.0 Å². The Labute approximate surface area is 157 Å². The van der Waals surface area contributed by atoms with Crippen LogP contribution < -0.4 is 0 Å². The number of hydrogen-bond donors (Lipinski definition) is 0. The van der Waals surface area contributed by atoms with Gasteiger partial charge < -0.3 is 0 Å². The molecule has 2 aliphatic heterocycles. The average molecular weight is 363 g/mol. The van der Waals surface area contributed by atoms with Crippen LogP contribution in [0.5, 0.6) is 0 Å². The Kier molecular flexibility index (Phi) is 4.48. The van der Waals surface area contributed by atoms with Crippen molar-refractivity contribution in [2.75, 3.05) is 0 Å². The van der Waals surface area contributed by atoms with Crippen LogP contribution in [0.25, 0.3) is 0 Å². The van der Waals surface area contributed by atoms with Gasteiger partial charge in [-0.1, -0.05) is 39.8 Å². The standard InChI is InChI=1S/C22H34S2/c1-12(2)15-7-8-16(11-15)22(5,6)19-20-17(9-13(3)23-20)18-10-14(4)24-21(18)19/h9-10,12,15-21H,7-8,11H2,1-6H3. The summed E-state index contributed by atoms with van der Waals surface area (Å²) in [5.74, 6) is 5.23. The molecule has 4 rings (SSSR count). The van der Waals surface area contributed by atoms with Gasteiger partial charge in [-0.15, -0.1) is 23.5 Å². The SMILES string of the molecule is CC1=CC2C3C=C(C)SC3C(C(C)(C)C3CCC(C(C)C)C3)C2S1. The smallest absolute Gasteiger partial charge is 0.0204 e. The first kappa shape index (κ1) is 17.6. The van der Waals surface area contributed by atoms with Crippen LogP contribution in [0.3, 0.4) is 0 Å². The van der Waals surface area contributed by atoms with Gasteiger partial charge in [0.05, 0.1) is 0 Å². The van der Waals surface area contributed by atoms with Gasteiger partial charge in [0.25, 0.3) is 0 Å². The van der Waals surface area contributed by atoms with E-state index in [9.17, 15) is 0 Å². The van der Waals surface area contributed by atoms with Crippen molar-refractivity contribution in [3.05, 3.63) is 22.0 Å². The number of hydrogen-bond acceptors (Lipinski definition) is 2. The molecule has 0 aromatic heterocycles. The van der Waals surface area contributed by atoms with Gasteiger partial charge in [0.2, 0.25) is 0 Å². The van der Waals surface area contributed by atoms with E-state index in [4.69, 9.17) is 0 Å². The van der Waals surface area contributed by atoms with Crippen molar-refractivity contribution in [3.63, 3.8) is 0 Å². The Morgan fingerprint density at radius 3 is 1.96 bits per heavy atom. The molecule has 0 N–H and O–H groups in total. The highest BCUT2D eigenvalue weighted by molar-refractivity contribution is 8.05. The fourth-order valence-corrected chi connectivity index (χ4v) is 9.88. The third kappa shape index (κ3) is 2.66. The quantitative estimate of drug-likeness (QED) is 0.531. The molecule has 2 aliphatic carbocycles. The molecule has 2 fully saturated rings. The maximum atomic E-state index is 2.63.